The zero-order valence-corrected chi connectivity index (χ0v) is 14.6. The van der Waals surface area contributed by atoms with Crippen molar-refractivity contribution in [3.8, 4) is 17.2 Å². The smallest absolute Gasteiger partial charge is 0.265 e. The minimum absolute atomic E-state index is 0.236. The molecular weight excluding hydrogens is 330 g/mol. The lowest BCUT2D eigenvalue weighted by Gasteiger charge is -2.18. The molecule has 0 spiro atoms. The molecule has 2 aromatic rings. The van der Waals surface area contributed by atoms with Crippen molar-refractivity contribution in [2.45, 2.75) is 19.4 Å². The molecule has 1 atom stereocenters. The molecule has 0 aliphatic rings. The lowest BCUT2D eigenvalue weighted by Crippen LogP contribution is -2.32. The summed E-state index contributed by atoms with van der Waals surface area (Å²) < 4.78 is 16.1. The second kappa shape index (κ2) is 8.45. The molecule has 1 N–H and O–H groups in total. The van der Waals surface area contributed by atoms with Crippen molar-refractivity contribution in [2.75, 3.05) is 19.5 Å². The van der Waals surface area contributed by atoms with Crippen molar-refractivity contribution >= 4 is 23.2 Å². The van der Waals surface area contributed by atoms with Crippen LogP contribution < -0.4 is 19.5 Å². The first kappa shape index (κ1) is 17.9. The topological polar surface area (TPSA) is 56.8 Å². The first-order valence-electron chi connectivity index (χ1n) is 7.52. The number of hydrogen-bond donors (Lipinski definition) is 1. The molecule has 24 heavy (non-hydrogen) atoms. The van der Waals surface area contributed by atoms with Crippen LogP contribution in [-0.4, -0.2) is 26.2 Å². The number of anilines is 1. The standard InChI is InChI=1S/C18H20ClNO4/c1-4-15(24-14-8-5-12(19)6-9-14)18(21)20-13-7-10-16(22-2)17(11-13)23-3/h5-11,15H,4H2,1-3H3,(H,20,21). The number of methoxy groups -OCH3 is 2. The Morgan fingerprint density at radius 2 is 1.75 bits per heavy atom. The lowest BCUT2D eigenvalue weighted by molar-refractivity contribution is -0.122. The third-order valence-electron chi connectivity index (χ3n) is 3.41. The van der Waals surface area contributed by atoms with E-state index in [1.807, 2.05) is 6.92 Å². The Balaban J connectivity index is 2.07. The highest BCUT2D eigenvalue weighted by Gasteiger charge is 2.19. The minimum atomic E-state index is -0.612. The third-order valence-corrected chi connectivity index (χ3v) is 3.66. The second-order valence-electron chi connectivity index (χ2n) is 5.03. The van der Waals surface area contributed by atoms with Gasteiger partial charge in [-0.25, -0.2) is 0 Å². The van der Waals surface area contributed by atoms with Gasteiger partial charge in [-0.3, -0.25) is 4.79 Å². The first-order valence-corrected chi connectivity index (χ1v) is 7.90. The summed E-state index contributed by atoms with van der Waals surface area (Å²) in [4.78, 5) is 12.4. The molecule has 1 unspecified atom stereocenters. The van der Waals surface area contributed by atoms with E-state index in [1.54, 1.807) is 56.7 Å². The number of hydrogen-bond acceptors (Lipinski definition) is 4. The number of amides is 1. The summed E-state index contributed by atoms with van der Waals surface area (Å²) in [6.07, 6.45) is -0.0823. The molecule has 5 nitrogen and oxygen atoms in total. The summed E-state index contributed by atoms with van der Waals surface area (Å²) in [6, 6.07) is 12.1. The van der Waals surface area contributed by atoms with Gasteiger partial charge < -0.3 is 19.5 Å². The zero-order valence-electron chi connectivity index (χ0n) is 13.8. The molecule has 0 saturated carbocycles. The Labute approximate surface area is 146 Å². The van der Waals surface area contributed by atoms with E-state index in [0.717, 1.165) is 0 Å². The van der Waals surface area contributed by atoms with E-state index in [1.165, 1.54) is 0 Å². The summed E-state index contributed by atoms with van der Waals surface area (Å²) in [6.45, 7) is 1.88. The van der Waals surface area contributed by atoms with Gasteiger partial charge in [0.2, 0.25) is 0 Å². The summed E-state index contributed by atoms with van der Waals surface area (Å²) in [5, 5.41) is 3.44. The molecule has 0 heterocycles. The molecule has 2 aromatic carbocycles. The molecule has 6 heteroatoms. The van der Waals surface area contributed by atoms with E-state index in [0.29, 0.717) is 34.4 Å². The number of ether oxygens (including phenoxy) is 3. The Morgan fingerprint density at radius 3 is 2.33 bits per heavy atom. The highest BCUT2D eigenvalue weighted by Crippen LogP contribution is 2.30. The quantitative estimate of drug-likeness (QED) is 0.815. The van der Waals surface area contributed by atoms with Crippen molar-refractivity contribution in [3.05, 3.63) is 47.5 Å². The lowest BCUT2D eigenvalue weighted by atomic mass is 10.2. The molecule has 0 fully saturated rings. The molecule has 0 aromatic heterocycles. The highest BCUT2D eigenvalue weighted by molar-refractivity contribution is 6.30. The van der Waals surface area contributed by atoms with Crippen LogP contribution in [-0.2, 0) is 4.79 Å². The van der Waals surface area contributed by atoms with E-state index < -0.39 is 6.10 Å². The van der Waals surface area contributed by atoms with E-state index >= 15 is 0 Å². The van der Waals surface area contributed by atoms with Gasteiger partial charge in [-0.05, 0) is 42.8 Å². The normalized spacial score (nSPS) is 11.5. The van der Waals surface area contributed by atoms with E-state index in [4.69, 9.17) is 25.8 Å². The molecule has 0 radical (unpaired) electrons. The number of carbonyl (C=O) groups excluding carboxylic acids is 1. The van der Waals surface area contributed by atoms with Crippen molar-refractivity contribution in [2.24, 2.45) is 0 Å². The van der Waals surface area contributed by atoms with Gasteiger partial charge in [-0.15, -0.1) is 0 Å². The number of rotatable bonds is 7. The SMILES string of the molecule is CCC(Oc1ccc(Cl)cc1)C(=O)Nc1ccc(OC)c(OC)c1. The van der Waals surface area contributed by atoms with Gasteiger partial charge in [-0.1, -0.05) is 18.5 Å². The summed E-state index contributed by atoms with van der Waals surface area (Å²) in [5.41, 5.74) is 0.607. The maximum absolute atomic E-state index is 12.4. The van der Waals surface area contributed by atoms with Crippen LogP contribution in [0.25, 0.3) is 0 Å². The van der Waals surface area contributed by atoms with Gasteiger partial charge in [0.05, 0.1) is 14.2 Å². The molecule has 0 aliphatic carbocycles. The van der Waals surface area contributed by atoms with Gasteiger partial charge in [0, 0.05) is 16.8 Å². The van der Waals surface area contributed by atoms with E-state index in [2.05, 4.69) is 5.32 Å². The van der Waals surface area contributed by atoms with Crippen molar-refractivity contribution in [3.63, 3.8) is 0 Å². The van der Waals surface area contributed by atoms with Crippen LogP contribution in [0.5, 0.6) is 17.2 Å². The van der Waals surface area contributed by atoms with Crippen LogP contribution >= 0.6 is 11.6 Å². The Bertz CT molecular complexity index is 688. The van der Waals surface area contributed by atoms with Gasteiger partial charge in [0.25, 0.3) is 5.91 Å². The average Bonchev–Trinajstić information content (AvgIpc) is 2.60. The molecule has 0 aliphatic heterocycles. The molecular formula is C18H20ClNO4. The van der Waals surface area contributed by atoms with Gasteiger partial charge >= 0.3 is 0 Å². The monoisotopic (exact) mass is 349 g/mol. The summed E-state index contributed by atoms with van der Waals surface area (Å²) in [7, 11) is 3.10. The van der Waals surface area contributed by atoms with Crippen LogP contribution in [0.4, 0.5) is 5.69 Å². The van der Waals surface area contributed by atoms with E-state index in [-0.39, 0.29) is 5.91 Å². The molecule has 128 valence electrons. The fraction of sp³-hybridized carbons (Fsp3) is 0.278. The van der Waals surface area contributed by atoms with Crippen LogP contribution in [0, 0.1) is 0 Å². The average molecular weight is 350 g/mol. The number of carbonyl (C=O) groups is 1. The zero-order chi connectivity index (χ0) is 17.5. The fourth-order valence-corrected chi connectivity index (χ4v) is 2.26. The number of benzene rings is 2. The van der Waals surface area contributed by atoms with Crippen LogP contribution in [0.1, 0.15) is 13.3 Å². The highest BCUT2D eigenvalue weighted by atomic mass is 35.5. The minimum Gasteiger partial charge on any atom is -0.493 e. The first-order chi connectivity index (χ1) is 11.6. The third kappa shape index (κ3) is 4.55. The van der Waals surface area contributed by atoms with Crippen molar-refractivity contribution < 1.29 is 19.0 Å². The summed E-state index contributed by atoms with van der Waals surface area (Å²) in [5.74, 6) is 1.50. The predicted octanol–water partition coefficient (Wildman–Crippen LogP) is 4.15. The van der Waals surface area contributed by atoms with Crippen molar-refractivity contribution in [1.82, 2.24) is 0 Å². The number of halogens is 1. The molecule has 0 bridgehead atoms. The number of nitrogens with one attached hydrogen (secondary N) is 1. The maximum atomic E-state index is 12.4. The Hall–Kier alpha value is -2.40. The van der Waals surface area contributed by atoms with Crippen LogP contribution in [0.2, 0.25) is 5.02 Å². The largest absolute Gasteiger partial charge is 0.493 e. The summed E-state index contributed by atoms with van der Waals surface area (Å²) >= 11 is 5.85. The molecule has 2 rings (SSSR count). The maximum Gasteiger partial charge on any atom is 0.265 e. The molecule has 1 amide bonds. The van der Waals surface area contributed by atoms with E-state index in [9.17, 15) is 4.79 Å². The predicted molar refractivity (Wildman–Crippen MR) is 94.3 cm³/mol. The van der Waals surface area contributed by atoms with Crippen LogP contribution in [0.15, 0.2) is 42.5 Å². The molecule has 0 saturated heterocycles. The fourth-order valence-electron chi connectivity index (χ4n) is 2.14. The Kier molecular flexibility index (Phi) is 6.32. The van der Waals surface area contributed by atoms with Gasteiger partial charge in [-0.2, -0.15) is 0 Å². The van der Waals surface area contributed by atoms with Gasteiger partial charge in [0.15, 0.2) is 17.6 Å². The van der Waals surface area contributed by atoms with Crippen molar-refractivity contribution in [1.29, 1.82) is 0 Å². The second-order valence-corrected chi connectivity index (χ2v) is 5.46. The van der Waals surface area contributed by atoms with Gasteiger partial charge in [0.1, 0.15) is 5.75 Å². The Morgan fingerprint density at radius 1 is 1.08 bits per heavy atom. The van der Waals surface area contributed by atoms with Crippen LogP contribution in [0.3, 0.4) is 0 Å².